The highest BCUT2D eigenvalue weighted by Gasteiger charge is 2.51. The van der Waals surface area contributed by atoms with E-state index in [4.69, 9.17) is 14.2 Å². The van der Waals surface area contributed by atoms with Gasteiger partial charge in [0, 0.05) is 12.6 Å². The summed E-state index contributed by atoms with van der Waals surface area (Å²) >= 11 is 0. The average molecular weight is 373 g/mol. The third-order valence-corrected chi connectivity index (χ3v) is 5.84. The Hall–Kier alpha value is -2.24. The third kappa shape index (κ3) is 3.62. The van der Waals surface area contributed by atoms with E-state index >= 15 is 0 Å². The first-order chi connectivity index (χ1) is 12.7. The predicted molar refractivity (Wildman–Crippen MR) is 98.6 cm³/mol. The summed E-state index contributed by atoms with van der Waals surface area (Å²) < 4.78 is 16.4. The lowest BCUT2D eigenvalue weighted by Gasteiger charge is -2.39. The molecule has 0 spiro atoms. The van der Waals surface area contributed by atoms with Gasteiger partial charge in [-0.25, -0.2) is 4.79 Å². The summed E-state index contributed by atoms with van der Waals surface area (Å²) in [6.45, 7) is 7.38. The molecule has 2 heterocycles. The van der Waals surface area contributed by atoms with Crippen molar-refractivity contribution < 1.29 is 23.8 Å². The molecule has 3 atom stereocenters. The van der Waals surface area contributed by atoms with E-state index in [1.807, 2.05) is 17.0 Å². The number of likely N-dealkylation sites (tertiary alicyclic amines) is 1. The summed E-state index contributed by atoms with van der Waals surface area (Å²) in [7, 11) is 0. The van der Waals surface area contributed by atoms with Crippen LogP contribution in [-0.2, 0) is 14.3 Å². The van der Waals surface area contributed by atoms with Gasteiger partial charge in [-0.05, 0) is 42.2 Å². The number of esters is 1. The number of hydrogen-bond acceptors (Lipinski definition) is 5. The second-order valence-corrected chi connectivity index (χ2v) is 9.21. The normalized spacial score (nSPS) is 30.7. The van der Waals surface area contributed by atoms with Crippen LogP contribution in [0.15, 0.2) is 24.3 Å². The standard InChI is InChI=1S/C21H27NO5/c1-20(2)8-14-9-21(3,12-20)13-22(14)18(23)11-26-19(24)17-10-25-15-6-4-5-7-16(15)27-17/h4-7,14,17H,8-13H2,1-3H3/t14-,17-,21-/m1/s1. The maximum Gasteiger partial charge on any atom is 0.351 e. The first-order valence-electron chi connectivity index (χ1n) is 9.59. The Balaban J connectivity index is 1.33. The van der Waals surface area contributed by atoms with Crippen molar-refractivity contribution in [3.63, 3.8) is 0 Å². The number of ether oxygens (including phenoxy) is 3. The minimum Gasteiger partial charge on any atom is -0.485 e. The highest BCUT2D eigenvalue weighted by Crippen LogP contribution is 2.52. The van der Waals surface area contributed by atoms with Crippen LogP contribution in [0.5, 0.6) is 11.5 Å². The van der Waals surface area contributed by atoms with Gasteiger partial charge in [0.1, 0.15) is 6.61 Å². The van der Waals surface area contributed by atoms with Crippen LogP contribution in [0, 0.1) is 10.8 Å². The molecule has 1 aromatic carbocycles. The number of carbonyl (C=O) groups is 2. The van der Waals surface area contributed by atoms with Gasteiger partial charge in [0.2, 0.25) is 6.10 Å². The molecule has 146 valence electrons. The molecule has 3 aliphatic rings. The molecule has 0 N–H and O–H groups in total. The number of benzene rings is 1. The van der Waals surface area contributed by atoms with E-state index in [9.17, 15) is 9.59 Å². The van der Waals surface area contributed by atoms with Crippen LogP contribution in [0.3, 0.4) is 0 Å². The Kier molecular flexibility index (Phi) is 4.32. The fourth-order valence-corrected chi connectivity index (χ4v) is 5.20. The molecule has 2 bridgehead atoms. The minimum atomic E-state index is -0.845. The Labute approximate surface area is 159 Å². The molecule has 2 aliphatic heterocycles. The van der Waals surface area contributed by atoms with Crippen molar-refractivity contribution in [3.05, 3.63) is 24.3 Å². The van der Waals surface area contributed by atoms with E-state index in [0.717, 1.165) is 25.8 Å². The van der Waals surface area contributed by atoms with Crippen LogP contribution in [0.4, 0.5) is 0 Å². The molecule has 6 nitrogen and oxygen atoms in total. The lowest BCUT2D eigenvalue weighted by Crippen LogP contribution is -2.42. The van der Waals surface area contributed by atoms with Gasteiger partial charge >= 0.3 is 5.97 Å². The number of rotatable bonds is 3. The van der Waals surface area contributed by atoms with E-state index < -0.39 is 12.1 Å². The van der Waals surface area contributed by atoms with Crippen LogP contribution in [0.2, 0.25) is 0 Å². The maximum absolute atomic E-state index is 12.7. The highest BCUT2D eigenvalue weighted by atomic mass is 16.6. The number of para-hydroxylation sites is 2. The first kappa shape index (κ1) is 18.1. The zero-order chi connectivity index (χ0) is 19.2. The molecule has 0 radical (unpaired) electrons. The van der Waals surface area contributed by atoms with E-state index in [0.29, 0.717) is 11.5 Å². The Morgan fingerprint density at radius 3 is 2.70 bits per heavy atom. The molecule has 1 aliphatic carbocycles. The third-order valence-electron chi connectivity index (χ3n) is 5.84. The van der Waals surface area contributed by atoms with E-state index in [1.54, 1.807) is 12.1 Å². The fourth-order valence-electron chi connectivity index (χ4n) is 5.20. The van der Waals surface area contributed by atoms with Crippen molar-refractivity contribution in [2.24, 2.45) is 10.8 Å². The molecule has 27 heavy (non-hydrogen) atoms. The Bertz CT molecular complexity index is 761. The van der Waals surface area contributed by atoms with Gasteiger partial charge in [-0.15, -0.1) is 0 Å². The van der Waals surface area contributed by atoms with E-state index in [2.05, 4.69) is 20.8 Å². The summed E-state index contributed by atoms with van der Waals surface area (Å²) in [6.07, 6.45) is 2.31. The van der Waals surface area contributed by atoms with E-state index in [1.165, 1.54) is 0 Å². The van der Waals surface area contributed by atoms with Gasteiger partial charge in [0.25, 0.3) is 5.91 Å². The molecule has 1 amide bonds. The predicted octanol–water partition coefficient (Wildman–Crippen LogP) is 2.80. The van der Waals surface area contributed by atoms with Crippen molar-refractivity contribution in [1.29, 1.82) is 0 Å². The number of fused-ring (bicyclic) bond motifs is 3. The zero-order valence-electron chi connectivity index (χ0n) is 16.2. The molecule has 2 fully saturated rings. The fraction of sp³-hybridized carbons (Fsp3) is 0.619. The van der Waals surface area contributed by atoms with Crippen LogP contribution >= 0.6 is 0 Å². The van der Waals surface area contributed by atoms with Gasteiger partial charge in [0.05, 0.1) is 0 Å². The van der Waals surface area contributed by atoms with Crippen LogP contribution in [0.25, 0.3) is 0 Å². The topological polar surface area (TPSA) is 65.1 Å². The Morgan fingerprint density at radius 2 is 1.93 bits per heavy atom. The first-order valence-corrected chi connectivity index (χ1v) is 9.59. The summed E-state index contributed by atoms with van der Waals surface area (Å²) in [5.41, 5.74) is 0.403. The molecule has 0 unspecified atom stereocenters. The SMILES string of the molecule is CC1(C)C[C@@H]2C[C@@](C)(CN2C(=O)COC(=O)[C@H]2COc3ccccc3O2)C1. The lowest BCUT2D eigenvalue weighted by atomic mass is 9.65. The van der Waals surface area contributed by atoms with Gasteiger partial charge in [-0.3, -0.25) is 4.79 Å². The summed E-state index contributed by atoms with van der Waals surface area (Å²) in [4.78, 5) is 26.9. The summed E-state index contributed by atoms with van der Waals surface area (Å²) in [5.74, 6) is 0.441. The van der Waals surface area contributed by atoms with Crippen molar-refractivity contribution in [1.82, 2.24) is 4.90 Å². The van der Waals surface area contributed by atoms with Gasteiger partial charge in [-0.1, -0.05) is 32.9 Å². The molecule has 4 rings (SSSR count). The molecule has 0 aromatic heterocycles. The lowest BCUT2D eigenvalue weighted by molar-refractivity contribution is -0.160. The second kappa shape index (κ2) is 6.43. The number of hydrogen-bond donors (Lipinski definition) is 0. The van der Waals surface area contributed by atoms with Gasteiger partial charge < -0.3 is 19.1 Å². The minimum absolute atomic E-state index is 0.0859. The molecule has 6 heteroatoms. The van der Waals surface area contributed by atoms with Gasteiger partial charge in [0.15, 0.2) is 18.1 Å². The number of nitrogens with zero attached hydrogens (tertiary/aromatic N) is 1. The quantitative estimate of drug-likeness (QED) is 0.763. The Morgan fingerprint density at radius 1 is 1.19 bits per heavy atom. The maximum atomic E-state index is 12.7. The zero-order valence-corrected chi connectivity index (χ0v) is 16.2. The van der Waals surface area contributed by atoms with Crippen LogP contribution in [-0.4, -0.2) is 48.7 Å². The number of amides is 1. The van der Waals surface area contributed by atoms with Crippen molar-refractivity contribution in [3.8, 4) is 11.5 Å². The van der Waals surface area contributed by atoms with Crippen LogP contribution in [0.1, 0.15) is 40.0 Å². The summed E-state index contributed by atoms with van der Waals surface area (Å²) in [6, 6.07) is 7.42. The average Bonchev–Trinajstić information content (AvgIpc) is 2.87. The molecule has 1 saturated heterocycles. The monoisotopic (exact) mass is 373 g/mol. The van der Waals surface area contributed by atoms with Crippen molar-refractivity contribution in [2.45, 2.75) is 52.2 Å². The van der Waals surface area contributed by atoms with Gasteiger partial charge in [-0.2, -0.15) is 0 Å². The summed E-state index contributed by atoms with van der Waals surface area (Å²) in [5, 5.41) is 0. The van der Waals surface area contributed by atoms with E-state index in [-0.39, 0.29) is 36.0 Å². The molecular formula is C21H27NO5. The molecule has 1 aromatic rings. The smallest absolute Gasteiger partial charge is 0.351 e. The second-order valence-electron chi connectivity index (χ2n) is 9.21. The molecular weight excluding hydrogens is 346 g/mol. The largest absolute Gasteiger partial charge is 0.485 e. The number of carbonyl (C=O) groups excluding carboxylic acids is 2. The van der Waals surface area contributed by atoms with Crippen molar-refractivity contribution in [2.75, 3.05) is 19.8 Å². The highest BCUT2D eigenvalue weighted by molar-refractivity contribution is 5.83. The van der Waals surface area contributed by atoms with Crippen molar-refractivity contribution >= 4 is 11.9 Å². The molecule has 1 saturated carbocycles. The van der Waals surface area contributed by atoms with Crippen LogP contribution < -0.4 is 9.47 Å².